The van der Waals surface area contributed by atoms with Crippen LogP contribution in [0.3, 0.4) is 0 Å². The first-order valence-electron chi connectivity index (χ1n) is 8.75. The molecule has 0 saturated heterocycles. The summed E-state index contributed by atoms with van der Waals surface area (Å²) in [5, 5.41) is 6.27. The van der Waals surface area contributed by atoms with Crippen LogP contribution in [0.25, 0.3) is 0 Å². The van der Waals surface area contributed by atoms with Crippen molar-refractivity contribution < 1.29 is 19.1 Å². The van der Waals surface area contributed by atoms with Gasteiger partial charge in [-0.2, -0.15) is 4.98 Å². The minimum Gasteiger partial charge on any atom is -0.465 e. The molecule has 1 aromatic heterocycles. The van der Waals surface area contributed by atoms with Gasteiger partial charge in [0.2, 0.25) is 5.95 Å². The summed E-state index contributed by atoms with van der Waals surface area (Å²) in [5.41, 5.74) is 3.06. The van der Waals surface area contributed by atoms with Gasteiger partial charge >= 0.3 is 11.9 Å². The number of benzene rings is 2. The lowest BCUT2D eigenvalue weighted by Crippen LogP contribution is -2.05. The molecule has 0 radical (unpaired) electrons. The van der Waals surface area contributed by atoms with Crippen molar-refractivity contribution in [2.24, 2.45) is 0 Å². The van der Waals surface area contributed by atoms with E-state index >= 15 is 0 Å². The molecule has 0 unspecified atom stereocenters. The third-order valence-corrected chi connectivity index (χ3v) is 3.97. The standard InChI is InChI=1S/C21H20N4O4/c1-13-11-18(23-16-9-7-14(8-10-16)19(26)28-2)25-21(22-13)24-17-6-4-5-15(12-17)20(27)29-3/h4-12H,1-3H3,(H2,22,23,24,25). The number of methoxy groups -OCH3 is 2. The number of nitrogens with one attached hydrogen (secondary N) is 2. The van der Waals surface area contributed by atoms with Crippen LogP contribution in [0.5, 0.6) is 0 Å². The summed E-state index contributed by atoms with van der Waals surface area (Å²) < 4.78 is 9.44. The molecule has 29 heavy (non-hydrogen) atoms. The predicted octanol–water partition coefficient (Wildman–Crippen LogP) is 3.85. The van der Waals surface area contributed by atoms with Crippen molar-refractivity contribution >= 4 is 35.1 Å². The van der Waals surface area contributed by atoms with E-state index in [1.54, 1.807) is 54.6 Å². The second kappa shape index (κ2) is 8.83. The Balaban J connectivity index is 1.78. The molecule has 2 aromatic carbocycles. The van der Waals surface area contributed by atoms with Crippen molar-refractivity contribution in [1.82, 2.24) is 9.97 Å². The van der Waals surface area contributed by atoms with E-state index in [1.165, 1.54) is 14.2 Å². The molecule has 0 spiro atoms. The molecule has 0 atom stereocenters. The van der Waals surface area contributed by atoms with E-state index in [4.69, 9.17) is 9.47 Å². The van der Waals surface area contributed by atoms with Crippen molar-refractivity contribution in [2.45, 2.75) is 6.92 Å². The predicted molar refractivity (Wildman–Crippen MR) is 109 cm³/mol. The molecule has 148 valence electrons. The maximum absolute atomic E-state index is 11.7. The molecule has 0 aliphatic heterocycles. The lowest BCUT2D eigenvalue weighted by atomic mass is 10.2. The van der Waals surface area contributed by atoms with E-state index < -0.39 is 11.9 Å². The third-order valence-electron chi connectivity index (χ3n) is 3.97. The Morgan fingerprint density at radius 3 is 2.17 bits per heavy atom. The van der Waals surface area contributed by atoms with E-state index in [0.717, 1.165) is 11.4 Å². The first kappa shape index (κ1) is 19.8. The fourth-order valence-electron chi connectivity index (χ4n) is 2.61. The highest BCUT2D eigenvalue weighted by Gasteiger charge is 2.09. The monoisotopic (exact) mass is 392 g/mol. The van der Waals surface area contributed by atoms with Crippen molar-refractivity contribution in [2.75, 3.05) is 24.9 Å². The molecule has 0 amide bonds. The maximum Gasteiger partial charge on any atom is 0.337 e. The van der Waals surface area contributed by atoms with Gasteiger partial charge in [-0.15, -0.1) is 0 Å². The summed E-state index contributed by atoms with van der Waals surface area (Å²) in [6, 6.07) is 15.5. The SMILES string of the molecule is COC(=O)c1ccc(Nc2cc(C)nc(Nc3cccc(C(=O)OC)c3)n2)cc1. The number of anilines is 4. The van der Waals surface area contributed by atoms with Crippen molar-refractivity contribution in [1.29, 1.82) is 0 Å². The number of ether oxygens (including phenoxy) is 2. The van der Waals surface area contributed by atoms with E-state index in [-0.39, 0.29) is 0 Å². The van der Waals surface area contributed by atoms with Gasteiger partial charge in [-0.05, 0) is 49.4 Å². The molecular weight excluding hydrogens is 372 g/mol. The van der Waals surface area contributed by atoms with Gasteiger partial charge < -0.3 is 20.1 Å². The van der Waals surface area contributed by atoms with Crippen molar-refractivity contribution in [3.8, 4) is 0 Å². The molecule has 3 rings (SSSR count). The molecule has 8 nitrogen and oxygen atoms in total. The van der Waals surface area contributed by atoms with E-state index in [9.17, 15) is 9.59 Å². The number of carbonyl (C=O) groups excluding carboxylic acids is 2. The minimum atomic E-state index is -0.420. The first-order chi connectivity index (χ1) is 14.0. The number of esters is 2. The molecule has 0 saturated carbocycles. The third kappa shape index (κ3) is 5.07. The summed E-state index contributed by atoms with van der Waals surface area (Å²) >= 11 is 0. The van der Waals surface area contributed by atoms with Crippen LogP contribution in [0, 0.1) is 6.92 Å². The molecule has 0 bridgehead atoms. The Morgan fingerprint density at radius 2 is 1.48 bits per heavy atom. The van der Waals surface area contributed by atoms with Crippen LogP contribution in [0.2, 0.25) is 0 Å². The number of carbonyl (C=O) groups is 2. The maximum atomic E-state index is 11.7. The summed E-state index contributed by atoms with van der Waals surface area (Å²) in [6.07, 6.45) is 0. The summed E-state index contributed by atoms with van der Waals surface area (Å²) in [6.45, 7) is 1.85. The highest BCUT2D eigenvalue weighted by atomic mass is 16.5. The smallest absolute Gasteiger partial charge is 0.337 e. The minimum absolute atomic E-state index is 0.376. The lowest BCUT2D eigenvalue weighted by molar-refractivity contribution is 0.0592. The number of hydrogen-bond acceptors (Lipinski definition) is 8. The number of nitrogens with zero attached hydrogens (tertiary/aromatic N) is 2. The van der Waals surface area contributed by atoms with Gasteiger partial charge in [-0.25, -0.2) is 14.6 Å². The van der Waals surface area contributed by atoms with Gasteiger partial charge in [0.1, 0.15) is 5.82 Å². The van der Waals surface area contributed by atoms with Crippen LogP contribution in [-0.4, -0.2) is 36.1 Å². The Bertz CT molecular complexity index is 1040. The molecule has 0 fully saturated rings. The Hall–Kier alpha value is -3.94. The largest absolute Gasteiger partial charge is 0.465 e. The summed E-state index contributed by atoms with van der Waals surface area (Å²) in [4.78, 5) is 32.1. The van der Waals surface area contributed by atoms with E-state index in [2.05, 4.69) is 20.6 Å². The Kier molecular flexibility index (Phi) is 6.03. The molecule has 2 N–H and O–H groups in total. The van der Waals surface area contributed by atoms with Gasteiger partial charge in [-0.1, -0.05) is 6.07 Å². The quantitative estimate of drug-likeness (QED) is 0.610. The zero-order chi connectivity index (χ0) is 20.8. The number of rotatable bonds is 6. The molecule has 3 aromatic rings. The summed E-state index contributed by atoms with van der Waals surface area (Å²) in [5.74, 6) is 0.141. The molecule has 0 aliphatic rings. The van der Waals surface area contributed by atoms with Gasteiger partial charge in [0.15, 0.2) is 0 Å². The Morgan fingerprint density at radius 1 is 0.793 bits per heavy atom. The second-order valence-corrected chi connectivity index (χ2v) is 6.11. The lowest BCUT2D eigenvalue weighted by Gasteiger charge is -2.11. The number of aromatic nitrogens is 2. The molecule has 0 aliphatic carbocycles. The van der Waals surface area contributed by atoms with E-state index in [1.807, 2.05) is 6.92 Å². The second-order valence-electron chi connectivity index (χ2n) is 6.11. The normalized spacial score (nSPS) is 10.2. The molecule has 8 heteroatoms. The van der Waals surface area contributed by atoms with Crippen molar-refractivity contribution in [3.63, 3.8) is 0 Å². The van der Waals surface area contributed by atoms with E-state index in [0.29, 0.717) is 28.6 Å². The van der Waals surface area contributed by atoms with Crippen LogP contribution >= 0.6 is 0 Å². The highest BCUT2D eigenvalue weighted by Crippen LogP contribution is 2.20. The fraction of sp³-hybridized carbons (Fsp3) is 0.143. The topological polar surface area (TPSA) is 102 Å². The Labute approximate surface area is 167 Å². The highest BCUT2D eigenvalue weighted by molar-refractivity contribution is 5.90. The average Bonchev–Trinajstić information content (AvgIpc) is 2.73. The first-order valence-corrected chi connectivity index (χ1v) is 8.75. The van der Waals surface area contributed by atoms with Gasteiger partial charge in [-0.3, -0.25) is 0 Å². The fourth-order valence-corrected chi connectivity index (χ4v) is 2.61. The molecular formula is C21H20N4O4. The zero-order valence-electron chi connectivity index (χ0n) is 16.2. The number of aryl methyl sites for hydroxylation is 1. The van der Waals surface area contributed by atoms with Crippen LogP contribution in [-0.2, 0) is 9.47 Å². The van der Waals surface area contributed by atoms with Gasteiger partial charge in [0.05, 0.1) is 25.3 Å². The van der Waals surface area contributed by atoms with Crippen molar-refractivity contribution in [3.05, 3.63) is 71.4 Å². The van der Waals surface area contributed by atoms with Gasteiger partial charge in [0, 0.05) is 23.1 Å². The number of hydrogen-bond donors (Lipinski definition) is 2. The zero-order valence-corrected chi connectivity index (χ0v) is 16.2. The van der Waals surface area contributed by atoms with Gasteiger partial charge in [0.25, 0.3) is 0 Å². The summed E-state index contributed by atoms with van der Waals surface area (Å²) in [7, 11) is 2.68. The van der Waals surface area contributed by atoms with Crippen LogP contribution in [0.1, 0.15) is 26.4 Å². The van der Waals surface area contributed by atoms with Crippen LogP contribution in [0.4, 0.5) is 23.1 Å². The average molecular weight is 392 g/mol. The molecule has 1 heterocycles. The van der Waals surface area contributed by atoms with Crippen LogP contribution < -0.4 is 10.6 Å². The van der Waals surface area contributed by atoms with Crippen LogP contribution in [0.15, 0.2) is 54.6 Å².